The van der Waals surface area contributed by atoms with Gasteiger partial charge in [0.2, 0.25) is 5.91 Å². The first kappa shape index (κ1) is 22.4. The molecular formula is C24H29N5O2S. The number of nitrogens with zero attached hydrogens (tertiary/aromatic N) is 4. The molecule has 1 fully saturated rings. The van der Waals surface area contributed by atoms with E-state index in [1.165, 1.54) is 17.3 Å². The van der Waals surface area contributed by atoms with Gasteiger partial charge in [0, 0.05) is 32.2 Å². The molecule has 1 atom stereocenters. The van der Waals surface area contributed by atoms with Gasteiger partial charge in [0.15, 0.2) is 11.0 Å². The van der Waals surface area contributed by atoms with E-state index in [2.05, 4.69) is 44.7 Å². The maximum Gasteiger partial charge on any atom is 0.230 e. The zero-order valence-electron chi connectivity index (χ0n) is 18.5. The fraction of sp³-hybridized carbons (Fsp3) is 0.375. The SMILES string of the molecule is CCn1c(SCC(=O)NC2CCN(Cc3ccccc3)C2)nnc1-c1ccccc1OC. The number of nitrogens with one attached hydrogen (secondary N) is 1. The van der Waals surface area contributed by atoms with Crippen LogP contribution in [0.3, 0.4) is 0 Å². The Hall–Kier alpha value is -2.84. The van der Waals surface area contributed by atoms with Gasteiger partial charge in [-0.3, -0.25) is 9.69 Å². The maximum atomic E-state index is 12.6. The first-order valence-corrected chi connectivity index (χ1v) is 11.9. The Morgan fingerprint density at radius 3 is 2.72 bits per heavy atom. The Morgan fingerprint density at radius 1 is 1.16 bits per heavy atom. The van der Waals surface area contributed by atoms with Crippen LogP contribution < -0.4 is 10.1 Å². The summed E-state index contributed by atoms with van der Waals surface area (Å²) in [5.74, 6) is 1.86. The lowest BCUT2D eigenvalue weighted by Crippen LogP contribution is -2.38. The van der Waals surface area contributed by atoms with E-state index in [1.54, 1.807) is 7.11 Å². The van der Waals surface area contributed by atoms with Crippen LogP contribution in [-0.4, -0.2) is 57.6 Å². The minimum Gasteiger partial charge on any atom is -0.496 e. The van der Waals surface area contributed by atoms with Crippen molar-refractivity contribution in [2.24, 2.45) is 0 Å². The van der Waals surface area contributed by atoms with Crippen LogP contribution in [0.2, 0.25) is 0 Å². The number of thioether (sulfide) groups is 1. The normalized spacial score (nSPS) is 16.2. The largest absolute Gasteiger partial charge is 0.496 e. The summed E-state index contributed by atoms with van der Waals surface area (Å²) in [6, 6.07) is 18.4. The molecule has 32 heavy (non-hydrogen) atoms. The molecule has 1 saturated heterocycles. The molecule has 2 aromatic carbocycles. The van der Waals surface area contributed by atoms with Crippen molar-refractivity contribution in [2.45, 2.75) is 37.6 Å². The van der Waals surface area contributed by atoms with E-state index in [0.29, 0.717) is 12.3 Å². The molecule has 0 radical (unpaired) electrons. The van der Waals surface area contributed by atoms with Crippen LogP contribution in [0.5, 0.6) is 5.75 Å². The van der Waals surface area contributed by atoms with Crippen LogP contribution in [0.25, 0.3) is 11.4 Å². The van der Waals surface area contributed by atoms with E-state index < -0.39 is 0 Å². The van der Waals surface area contributed by atoms with Crippen LogP contribution in [0, 0.1) is 0 Å². The Morgan fingerprint density at radius 2 is 1.94 bits per heavy atom. The molecule has 0 aliphatic carbocycles. The molecule has 8 heteroatoms. The lowest BCUT2D eigenvalue weighted by Gasteiger charge is -2.16. The quantitative estimate of drug-likeness (QED) is 0.503. The summed E-state index contributed by atoms with van der Waals surface area (Å²) in [7, 11) is 1.65. The second kappa shape index (κ2) is 10.7. The smallest absolute Gasteiger partial charge is 0.230 e. The van der Waals surface area contributed by atoms with Gasteiger partial charge in [-0.05, 0) is 31.0 Å². The van der Waals surface area contributed by atoms with Crippen molar-refractivity contribution in [1.82, 2.24) is 25.0 Å². The third-order valence-corrected chi connectivity index (χ3v) is 6.57. The summed E-state index contributed by atoms with van der Waals surface area (Å²) in [6.07, 6.45) is 0.979. The molecule has 0 bridgehead atoms. The summed E-state index contributed by atoms with van der Waals surface area (Å²) in [5.41, 5.74) is 2.20. The molecule has 7 nitrogen and oxygen atoms in total. The number of likely N-dealkylation sites (tertiary alicyclic amines) is 1. The molecule has 1 unspecified atom stereocenters. The Balaban J connectivity index is 1.31. The number of ether oxygens (including phenoxy) is 1. The lowest BCUT2D eigenvalue weighted by molar-refractivity contribution is -0.119. The number of hydrogen-bond donors (Lipinski definition) is 1. The Labute approximate surface area is 193 Å². The van der Waals surface area contributed by atoms with E-state index >= 15 is 0 Å². The zero-order valence-corrected chi connectivity index (χ0v) is 19.3. The molecule has 3 aromatic rings. The topological polar surface area (TPSA) is 72.3 Å². The van der Waals surface area contributed by atoms with Gasteiger partial charge in [-0.2, -0.15) is 0 Å². The predicted octanol–water partition coefficient (Wildman–Crippen LogP) is 3.46. The number of para-hydroxylation sites is 1. The molecule has 1 N–H and O–H groups in total. The first-order valence-electron chi connectivity index (χ1n) is 10.9. The van der Waals surface area contributed by atoms with Crippen LogP contribution in [0.1, 0.15) is 18.9 Å². The van der Waals surface area contributed by atoms with Crippen molar-refractivity contribution in [3.8, 4) is 17.1 Å². The number of hydrogen-bond acceptors (Lipinski definition) is 6. The van der Waals surface area contributed by atoms with E-state index in [0.717, 1.165) is 48.3 Å². The van der Waals surface area contributed by atoms with Gasteiger partial charge in [-0.1, -0.05) is 54.2 Å². The Bertz CT molecular complexity index is 1040. The number of amides is 1. The number of aromatic nitrogens is 3. The standard InChI is InChI=1S/C24H29N5O2S/c1-3-29-23(20-11-7-8-12-21(20)31-2)26-27-24(29)32-17-22(30)25-19-13-14-28(16-19)15-18-9-5-4-6-10-18/h4-12,19H,3,13-17H2,1-2H3,(H,25,30). The van der Waals surface area contributed by atoms with Crippen molar-refractivity contribution in [1.29, 1.82) is 0 Å². The number of methoxy groups -OCH3 is 1. The van der Waals surface area contributed by atoms with Crippen molar-refractivity contribution < 1.29 is 9.53 Å². The van der Waals surface area contributed by atoms with Gasteiger partial charge in [0.05, 0.1) is 18.4 Å². The highest BCUT2D eigenvalue weighted by Crippen LogP contribution is 2.30. The highest BCUT2D eigenvalue weighted by Gasteiger charge is 2.24. The zero-order chi connectivity index (χ0) is 22.3. The van der Waals surface area contributed by atoms with Crippen molar-refractivity contribution in [3.63, 3.8) is 0 Å². The van der Waals surface area contributed by atoms with Crippen molar-refractivity contribution in [3.05, 3.63) is 60.2 Å². The van der Waals surface area contributed by atoms with Crippen LogP contribution in [-0.2, 0) is 17.9 Å². The van der Waals surface area contributed by atoms with Crippen molar-refractivity contribution in [2.75, 3.05) is 26.0 Å². The van der Waals surface area contributed by atoms with Gasteiger partial charge in [0.25, 0.3) is 0 Å². The number of carbonyl (C=O) groups is 1. The number of benzene rings is 2. The fourth-order valence-electron chi connectivity index (χ4n) is 4.04. The molecule has 1 aliphatic rings. The van der Waals surface area contributed by atoms with Gasteiger partial charge in [0.1, 0.15) is 5.75 Å². The van der Waals surface area contributed by atoms with E-state index in [1.807, 2.05) is 41.8 Å². The molecule has 1 aliphatic heterocycles. The average molecular weight is 452 g/mol. The number of rotatable bonds is 9. The maximum absolute atomic E-state index is 12.6. The summed E-state index contributed by atoms with van der Waals surface area (Å²) in [6.45, 7) is 5.56. The highest BCUT2D eigenvalue weighted by atomic mass is 32.2. The van der Waals surface area contributed by atoms with E-state index in [-0.39, 0.29) is 11.9 Å². The summed E-state index contributed by atoms with van der Waals surface area (Å²) >= 11 is 1.42. The minimum absolute atomic E-state index is 0.0334. The molecule has 2 heterocycles. The number of carbonyl (C=O) groups excluding carboxylic acids is 1. The highest BCUT2D eigenvalue weighted by molar-refractivity contribution is 7.99. The van der Waals surface area contributed by atoms with Gasteiger partial charge in [-0.25, -0.2) is 0 Å². The fourth-order valence-corrected chi connectivity index (χ4v) is 4.86. The average Bonchev–Trinajstić information content (AvgIpc) is 3.44. The first-order chi connectivity index (χ1) is 15.7. The van der Waals surface area contributed by atoms with Gasteiger partial charge in [-0.15, -0.1) is 10.2 Å². The van der Waals surface area contributed by atoms with Gasteiger partial charge < -0.3 is 14.6 Å². The summed E-state index contributed by atoms with van der Waals surface area (Å²) in [5, 5.41) is 12.6. The molecule has 0 saturated carbocycles. The second-order valence-electron chi connectivity index (χ2n) is 7.81. The predicted molar refractivity (Wildman–Crippen MR) is 127 cm³/mol. The van der Waals surface area contributed by atoms with E-state index in [9.17, 15) is 4.79 Å². The molecule has 168 valence electrons. The summed E-state index contributed by atoms with van der Waals surface area (Å²) in [4.78, 5) is 15.0. The molecule has 4 rings (SSSR count). The molecule has 1 aromatic heterocycles. The Kier molecular flexibility index (Phi) is 7.44. The minimum atomic E-state index is 0.0334. The third-order valence-electron chi connectivity index (χ3n) is 5.60. The van der Waals surface area contributed by atoms with Crippen LogP contribution >= 0.6 is 11.8 Å². The second-order valence-corrected chi connectivity index (χ2v) is 8.76. The van der Waals surface area contributed by atoms with Crippen LogP contribution in [0.15, 0.2) is 59.8 Å². The van der Waals surface area contributed by atoms with E-state index in [4.69, 9.17) is 4.74 Å². The third kappa shape index (κ3) is 5.31. The molecular weight excluding hydrogens is 422 g/mol. The van der Waals surface area contributed by atoms with Gasteiger partial charge >= 0.3 is 0 Å². The van der Waals surface area contributed by atoms with Crippen LogP contribution in [0.4, 0.5) is 0 Å². The molecule has 0 spiro atoms. The summed E-state index contributed by atoms with van der Waals surface area (Å²) < 4.78 is 7.49. The van der Waals surface area contributed by atoms with Crippen molar-refractivity contribution >= 4 is 17.7 Å². The monoisotopic (exact) mass is 451 g/mol. The lowest BCUT2D eigenvalue weighted by atomic mass is 10.2. The molecule has 1 amide bonds.